The van der Waals surface area contributed by atoms with Crippen LogP contribution in [-0.4, -0.2) is 62.0 Å². The van der Waals surface area contributed by atoms with Crippen molar-refractivity contribution in [3.63, 3.8) is 0 Å². The van der Waals surface area contributed by atoms with Gasteiger partial charge in [-0.15, -0.1) is 0 Å². The first-order valence-corrected chi connectivity index (χ1v) is 6.30. The molecule has 0 rings (SSSR count). The highest BCUT2D eigenvalue weighted by Gasteiger charge is 2.11. The molecule has 4 heteroatoms. The van der Waals surface area contributed by atoms with Crippen molar-refractivity contribution in [1.29, 1.82) is 0 Å². The van der Waals surface area contributed by atoms with Crippen LogP contribution in [-0.2, 0) is 4.74 Å². The van der Waals surface area contributed by atoms with E-state index < -0.39 is 0 Å². The van der Waals surface area contributed by atoms with Crippen LogP contribution in [0.2, 0.25) is 0 Å². The SMILES string of the molecule is CCC(COC)NCC(O)CN(CC)CC. The lowest BCUT2D eigenvalue weighted by atomic mass is 10.2. The minimum Gasteiger partial charge on any atom is -0.390 e. The summed E-state index contributed by atoms with van der Waals surface area (Å²) < 4.78 is 5.10. The molecule has 0 saturated heterocycles. The highest BCUT2D eigenvalue weighted by Crippen LogP contribution is 1.95. The number of aliphatic hydroxyl groups excluding tert-OH is 1. The van der Waals surface area contributed by atoms with Crippen LogP contribution in [0.4, 0.5) is 0 Å². The van der Waals surface area contributed by atoms with Crippen molar-refractivity contribution >= 4 is 0 Å². The Morgan fingerprint density at radius 2 is 1.88 bits per heavy atom. The van der Waals surface area contributed by atoms with Crippen molar-refractivity contribution in [3.05, 3.63) is 0 Å². The molecule has 0 aliphatic heterocycles. The third-order valence-electron chi connectivity index (χ3n) is 2.87. The molecular formula is C12H28N2O2. The fourth-order valence-electron chi connectivity index (χ4n) is 1.67. The molecule has 2 N–H and O–H groups in total. The molecule has 2 unspecified atom stereocenters. The largest absolute Gasteiger partial charge is 0.390 e. The van der Waals surface area contributed by atoms with Crippen molar-refractivity contribution in [2.45, 2.75) is 39.3 Å². The van der Waals surface area contributed by atoms with Crippen molar-refractivity contribution < 1.29 is 9.84 Å². The molecule has 16 heavy (non-hydrogen) atoms. The first-order valence-electron chi connectivity index (χ1n) is 6.30. The maximum atomic E-state index is 9.85. The summed E-state index contributed by atoms with van der Waals surface area (Å²) in [4.78, 5) is 2.23. The molecule has 0 aromatic carbocycles. The van der Waals surface area contributed by atoms with Crippen LogP contribution in [0, 0.1) is 0 Å². The van der Waals surface area contributed by atoms with Gasteiger partial charge in [0.05, 0.1) is 12.7 Å². The van der Waals surface area contributed by atoms with Gasteiger partial charge < -0.3 is 20.1 Å². The second-order valence-corrected chi connectivity index (χ2v) is 4.11. The summed E-state index contributed by atoms with van der Waals surface area (Å²) in [6.07, 6.45) is 0.719. The molecule has 0 aliphatic rings. The van der Waals surface area contributed by atoms with Gasteiger partial charge in [-0.25, -0.2) is 0 Å². The topological polar surface area (TPSA) is 44.7 Å². The molecule has 0 amide bonds. The Kier molecular flexibility index (Phi) is 9.92. The quantitative estimate of drug-likeness (QED) is 0.582. The smallest absolute Gasteiger partial charge is 0.0791 e. The van der Waals surface area contributed by atoms with E-state index in [4.69, 9.17) is 4.74 Å². The van der Waals surface area contributed by atoms with Crippen molar-refractivity contribution in [3.8, 4) is 0 Å². The molecule has 0 aromatic rings. The molecule has 0 spiro atoms. The van der Waals surface area contributed by atoms with E-state index in [2.05, 4.69) is 31.0 Å². The molecule has 0 fully saturated rings. The van der Waals surface area contributed by atoms with Gasteiger partial charge in [0.2, 0.25) is 0 Å². The molecule has 98 valence electrons. The molecular weight excluding hydrogens is 204 g/mol. The minimum atomic E-state index is -0.300. The summed E-state index contributed by atoms with van der Waals surface area (Å²) in [7, 11) is 1.71. The van der Waals surface area contributed by atoms with E-state index >= 15 is 0 Å². The maximum Gasteiger partial charge on any atom is 0.0791 e. The summed E-state index contributed by atoms with van der Waals surface area (Å²) in [6, 6.07) is 0.344. The van der Waals surface area contributed by atoms with Gasteiger partial charge in [0.1, 0.15) is 0 Å². The highest BCUT2D eigenvalue weighted by molar-refractivity contribution is 4.70. The fraction of sp³-hybridized carbons (Fsp3) is 1.00. The number of ether oxygens (including phenoxy) is 1. The maximum absolute atomic E-state index is 9.85. The predicted octanol–water partition coefficient (Wildman–Crippen LogP) is 0.704. The van der Waals surface area contributed by atoms with E-state index in [1.54, 1.807) is 7.11 Å². The van der Waals surface area contributed by atoms with Crippen LogP contribution >= 0.6 is 0 Å². The standard InChI is InChI=1S/C12H28N2O2/c1-5-11(10-16-4)13-8-12(15)9-14(6-2)7-3/h11-13,15H,5-10H2,1-4H3. The number of methoxy groups -OCH3 is 1. The molecule has 0 aliphatic carbocycles. The number of nitrogens with zero attached hydrogens (tertiary/aromatic N) is 1. The first kappa shape index (κ1) is 15.8. The highest BCUT2D eigenvalue weighted by atomic mass is 16.5. The second-order valence-electron chi connectivity index (χ2n) is 4.11. The van der Waals surface area contributed by atoms with Gasteiger partial charge >= 0.3 is 0 Å². The van der Waals surface area contributed by atoms with Gasteiger partial charge in [-0.1, -0.05) is 20.8 Å². The van der Waals surface area contributed by atoms with E-state index in [0.717, 1.165) is 26.1 Å². The Balaban J connectivity index is 3.73. The average Bonchev–Trinajstić information content (AvgIpc) is 2.31. The van der Waals surface area contributed by atoms with E-state index in [1.807, 2.05) is 0 Å². The van der Waals surface area contributed by atoms with E-state index in [-0.39, 0.29) is 6.10 Å². The molecule has 2 atom stereocenters. The normalized spacial score (nSPS) is 15.4. The Bertz CT molecular complexity index is 152. The lowest BCUT2D eigenvalue weighted by molar-refractivity contribution is 0.104. The summed E-state index contributed by atoms with van der Waals surface area (Å²) in [5.74, 6) is 0. The number of hydrogen-bond acceptors (Lipinski definition) is 4. The molecule has 0 saturated carbocycles. The predicted molar refractivity (Wildman–Crippen MR) is 67.8 cm³/mol. The van der Waals surface area contributed by atoms with Gasteiger partial charge in [-0.05, 0) is 19.5 Å². The number of rotatable bonds is 10. The number of likely N-dealkylation sites (N-methyl/N-ethyl adjacent to an activating group) is 1. The summed E-state index contributed by atoms with van der Waals surface area (Å²) in [5.41, 5.74) is 0. The van der Waals surface area contributed by atoms with Crippen LogP contribution in [0.15, 0.2) is 0 Å². The van der Waals surface area contributed by atoms with E-state index in [9.17, 15) is 5.11 Å². The van der Waals surface area contributed by atoms with Crippen LogP contribution in [0.3, 0.4) is 0 Å². The zero-order chi connectivity index (χ0) is 12.4. The Hall–Kier alpha value is -0.160. The number of aliphatic hydroxyl groups is 1. The van der Waals surface area contributed by atoms with Crippen LogP contribution < -0.4 is 5.32 Å². The lowest BCUT2D eigenvalue weighted by Gasteiger charge is -2.24. The third-order valence-corrected chi connectivity index (χ3v) is 2.87. The van der Waals surface area contributed by atoms with Gasteiger partial charge in [0.25, 0.3) is 0 Å². The Morgan fingerprint density at radius 1 is 1.25 bits per heavy atom. The third kappa shape index (κ3) is 7.17. The molecule has 0 bridgehead atoms. The van der Waals surface area contributed by atoms with Crippen LogP contribution in [0.25, 0.3) is 0 Å². The molecule has 4 nitrogen and oxygen atoms in total. The van der Waals surface area contributed by atoms with Crippen LogP contribution in [0.5, 0.6) is 0 Å². The van der Waals surface area contributed by atoms with Gasteiger partial charge in [0.15, 0.2) is 0 Å². The van der Waals surface area contributed by atoms with Gasteiger partial charge in [-0.2, -0.15) is 0 Å². The van der Waals surface area contributed by atoms with Gasteiger partial charge in [0, 0.05) is 26.2 Å². The van der Waals surface area contributed by atoms with E-state index in [0.29, 0.717) is 19.2 Å². The number of nitrogens with one attached hydrogen (secondary N) is 1. The van der Waals surface area contributed by atoms with E-state index in [1.165, 1.54) is 0 Å². The molecule has 0 aromatic heterocycles. The average molecular weight is 232 g/mol. The van der Waals surface area contributed by atoms with Crippen LogP contribution in [0.1, 0.15) is 27.2 Å². The minimum absolute atomic E-state index is 0.300. The molecule has 0 heterocycles. The fourth-order valence-corrected chi connectivity index (χ4v) is 1.67. The summed E-state index contributed by atoms with van der Waals surface area (Å²) >= 11 is 0. The monoisotopic (exact) mass is 232 g/mol. The lowest BCUT2D eigenvalue weighted by Crippen LogP contribution is -2.42. The Morgan fingerprint density at radius 3 is 2.31 bits per heavy atom. The summed E-state index contributed by atoms with van der Waals surface area (Å²) in [5, 5.41) is 13.2. The second kappa shape index (κ2) is 10.0. The number of hydrogen-bond donors (Lipinski definition) is 2. The van der Waals surface area contributed by atoms with Crippen molar-refractivity contribution in [1.82, 2.24) is 10.2 Å². The zero-order valence-corrected chi connectivity index (χ0v) is 11.2. The van der Waals surface area contributed by atoms with Crippen molar-refractivity contribution in [2.24, 2.45) is 0 Å². The van der Waals surface area contributed by atoms with Gasteiger partial charge in [-0.3, -0.25) is 0 Å². The van der Waals surface area contributed by atoms with Crippen molar-refractivity contribution in [2.75, 3.05) is 39.9 Å². The first-order chi connectivity index (χ1) is 7.67. The summed E-state index contributed by atoms with van der Waals surface area (Å²) in [6.45, 7) is 10.4. The molecule has 0 radical (unpaired) electrons. The zero-order valence-electron chi connectivity index (χ0n) is 11.2. The Labute approximate surface area is 100.0 Å².